The molecule has 0 bridgehead atoms. The summed E-state index contributed by atoms with van der Waals surface area (Å²) in [5.41, 5.74) is 0. The zero-order valence-electron chi connectivity index (χ0n) is 3.64. The molecule has 0 atom stereocenters. The first-order chi connectivity index (χ1) is 2.89. The second kappa shape index (κ2) is 1.51. The summed E-state index contributed by atoms with van der Waals surface area (Å²) in [6, 6.07) is 3.92. The van der Waals surface area contributed by atoms with Crippen LogP contribution in [0.5, 0.6) is 0 Å². The summed E-state index contributed by atoms with van der Waals surface area (Å²) >= 11 is 0.719. The number of rotatable bonds is 0. The van der Waals surface area contributed by atoms with Gasteiger partial charge in [0.2, 0.25) is 0 Å². The van der Waals surface area contributed by atoms with E-state index in [1.165, 1.54) is 0 Å². The van der Waals surface area contributed by atoms with Gasteiger partial charge in [0.15, 0.2) is 0 Å². The van der Waals surface area contributed by atoms with Crippen molar-refractivity contribution in [1.29, 1.82) is 0 Å². The van der Waals surface area contributed by atoms with E-state index in [2.05, 4.69) is 0 Å². The Balaban J connectivity index is 3.05. The van der Waals surface area contributed by atoms with E-state index >= 15 is 0 Å². The van der Waals surface area contributed by atoms with Crippen molar-refractivity contribution in [3.05, 3.63) is 18.4 Å². The first-order valence-electron chi connectivity index (χ1n) is 1.90. The summed E-state index contributed by atoms with van der Waals surface area (Å²) in [5.74, 6) is 0. The third-order valence-electron chi connectivity index (χ3n) is 0.663. The molecule has 6 heavy (non-hydrogen) atoms. The van der Waals surface area contributed by atoms with E-state index in [0.717, 1.165) is 21.1 Å². The molecule has 32 valence electrons. The van der Waals surface area contributed by atoms with Gasteiger partial charge in [0.25, 0.3) is 0 Å². The van der Waals surface area contributed by atoms with Gasteiger partial charge >= 0.3 is 43.9 Å². The molecule has 0 N–H and O–H groups in total. The number of hydrogen-bond donors (Lipinski definition) is 0. The fourth-order valence-electron chi connectivity index (χ4n) is 0.361. The van der Waals surface area contributed by atoms with Crippen LogP contribution in [0.4, 0.5) is 0 Å². The summed E-state index contributed by atoms with van der Waals surface area (Å²) in [5, 5.41) is 0. The van der Waals surface area contributed by atoms with Gasteiger partial charge in [0.05, 0.1) is 0 Å². The van der Waals surface area contributed by atoms with E-state index in [9.17, 15) is 0 Å². The van der Waals surface area contributed by atoms with Gasteiger partial charge in [-0.25, -0.2) is 0 Å². The predicted molar refractivity (Wildman–Crippen MR) is 28.3 cm³/mol. The first-order valence-corrected chi connectivity index (χ1v) is 3.99. The topological polar surface area (TPSA) is 13.1 Å². The molecule has 0 aliphatic carbocycles. The van der Waals surface area contributed by atoms with Gasteiger partial charge in [-0.05, 0) is 0 Å². The fraction of sp³-hybridized carbons (Fsp3) is 0. The molecular weight excluding hydrogens is 137 g/mol. The van der Waals surface area contributed by atoms with Gasteiger partial charge in [-0.15, -0.1) is 0 Å². The van der Waals surface area contributed by atoms with Crippen molar-refractivity contribution in [2.24, 2.45) is 0 Å². The third-order valence-corrected chi connectivity index (χ3v) is 1.86. The van der Waals surface area contributed by atoms with Crippen LogP contribution in [0.2, 0.25) is 0 Å². The van der Waals surface area contributed by atoms with Gasteiger partial charge in [0.1, 0.15) is 0 Å². The third kappa shape index (κ3) is 0.654. The zero-order chi connectivity index (χ0) is 4.41. The number of furan rings is 1. The zero-order valence-corrected chi connectivity index (χ0v) is 7.84. The van der Waals surface area contributed by atoms with Gasteiger partial charge in [0, 0.05) is 0 Å². The average Bonchev–Trinajstić information content (AvgIpc) is 1.86. The Labute approximate surface area is 44.6 Å². The monoisotopic (exact) mass is 144 g/mol. The van der Waals surface area contributed by atoms with Crippen LogP contribution in [-0.4, -0.2) is 16.5 Å². The van der Waals surface area contributed by atoms with Crippen molar-refractivity contribution in [2.75, 3.05) is 0 Å². The minimum absolute atomic E-state index is 0.719. The second-order valence-corrected chi connectivity index (χ2v) is 3.29. The van der Waals surface area contributed by atoms with Crippen molar-refractivity contribution in [3.63, 3.8) is 0 Å². The van der Waals surface area contributed by atoms with E-state index < -0.39 is 0 Å². The van der Waals surface area contributed by atoms with Gasteiger partial charge < -0.3 is 0 Å². The summed E-state index contributed by atoms with van der Waals surface area (Å²) in [7, 11) is 0. The first kappa shape index (κ1) is 3.99. The molecular formula is C4H6GeO. The van der Waals surface area contributed by atoms with Gasteiger partial charge in [-0.1, -0.05) is 0 Å². The summed E-state index contributed by atoms with van der Waals surface area (Å²) in [4.78, 5) is 0. The molecule has 0 aliphatic heterocycles. The summed E-state index contributed by atoms with van der Waals surface area (Å²) < 4.78 is 6.07. The molecule has 0 saturated carbocycles. The molecule has 0 aliphatic rings. The quantitative estimate of drug-likeness (QED) is 0.436. The van der Waals surface area contributed by atoms with E-state index in [1.54, 1.807) is 6.26 Å². The van der Waals surface area contributed by atoms with Crippen LogP contribution in [0.3, 0.4) is 0 Å². The van der Waals surface area contributed by atoms with Gasteiger partial charge in [-0.3, -0.25) is 0 Å². The molecule has 0 saturated heterocycles. The minimum atomic E-state index is 0.719. The van der Waals surface area contributed by atoms with E-state index in [4.69, 9.17) is 4.42 Å². The van der Waals surface area contributed by atoms with Gasteiger partial charge in [-0.2, -0.15) is 0 Å². The van der Waals surface area contributed by atoms with Crippen LogP contribution < -0.4 is 4.59 Å². The Bertz CT molecular complexity index is 111. The molecule has 1 aromatic heterocycles. The molecule has 0 amide bonds. The van der Waals surface area contributed by atoms with Crippen molar-refractivity contribution in [1.82, 2.24) is 0 Å². The van der Waals surface area contributed by atoms with Crippen LogP contribution in [0.1, 0.15) is 0 Å². The molecule has 2 heteroatoms. The van der Waals surface area contributed by atoms with Crippen LogP contribution in [-0.2, 0) is 0 Å². The number of hydrogen-bond acceptors (Lipinski definition) is 1. The Morgan fingerprint density at radius 2 is 2.50 bits per heavy atom. The Kier molecular flexibility index (Phi) is 1.01. The Morgan fingerprint density at radius 3 is 2.67 bits per heavy atom. The van der Waals surface area contributed by atoms with Crippen LogP contribution in [0.25, 0.3) is 0 Å². The van der Waals surface area contributed by atoms with Crippen molar-refractivity contribution >= 4 is 21.1 Å². The maximum atomic E-state index is 4.92. The van der Waals surface area contributed by atoms with E-state index in [-0.39, 0.29) is 0 Å². The van der Waals surface area contributed by atoms with Crippen molar-refractivity contribution in [2.45, 2.75) is 0 Å². The molecule has 0 unspecified atom stereocenters. The SMILES string of the molecule is [GeH3][c]1ccco1. The Morgan fingerprint density at radius 1 is 1.67 bits per heavy atom. The molecule has 0 radical (unpaired) electrons. The van der Waals surface area contributed by atoms with Crippen LogP contribution >= 0.6 is 0 Å². The molecule has 1 heterocycles. The molecule has 1 nitrogen and oxygen atoms in total. The average molecular weight is 143 g/mol. The standard InChI is InChI=1S/C4H6GeO/c5-4-2-1-3-6-4/h1-3H,5H3. The molecule has 1 rings (SSSR count). The predicted octanol–water partition coefficient (Wildman–Crippen LogP) is -0.730. The Hall–Kier alpha value is -0.177. The van der Waals surface area contributed by atoms with Crippen molar-refractivity contribution < 1.29 is 4.42 Å². The van der Waals surface area contributed by atoms with E-state index in [1.807, 2.05) is 12.1 Å². The van der Waals surface area contributed by atoms with Crippen molar-refractivity contribution in [3.8, 4) is 0 Å². The molecule has 0 fully saturated rings. The van der Waals surface area contributed by atoms with Crippen LogP contribution in [0, 0.1) is 0 Å². The van der Waals surface area contributed by atoms with Crippen LogP contribution in [0.15, 0.2) is 22.8 Å². The summed E-state index contributed by atoms with van der Waals surface area (Å²) in [6.07, 6.45) is 1.71. The molecule has 1 aromatic rings. The second-order valence-electron chi connectivity index (χ2n) is 1.22. The fourth-order valence-corrected chi connectivity index (χ4v) is 1.05. The normalized spacial score (nSPS) is 9.33. The van der Waals surface area contributed by atoms with E-state index in [0.29, 0.717) is 0 Å². The molecule has 0 spiro atoms. The molecule has 0 aromatic carbocycles. The maximum absolute atomic E-state index is 4.92. The summed E-state index contributed by atoms with van der Waals surface area (Å²) in [6.45, 7) is 0.